The van der Waals surface area contributed by atoms with E-state index in [4.69, 9.17) is 4.74 Å². The molecule has 5 nitrogen and oxygen atoms in total. The molecule has 2 aromatic heterocycles. The third-order valence-corrected chi connectivity index (χ3v) is 4.96. The lowest BCUT2D eigenvalue weighted by Gasteiger charge is -2.08. The predicted molar refractivity (Wildman–Crippen MR) is 104 cm³/mol. The summed E-state index contributed by atoms with van der Waals surface area (Å²) in [4.78, 5) is 13.4. The maximum absolute atomic E-state index is 12.4. The zero-order valence-electron chi connectivity index (χ0n) is 14.2. The van der Waals surface area contributed by atoms with Crippen LogP contribution < -0.4 is 10.1 Å². The van der Waals surface area contributed by atoms with Crippen molar-refractivity contribution in [1.29, 1.82) is 0 Å². The van der Waals surface area contributed by atoms with E-state index in [1.807, 2.05) is 70.7 Å². The molecule has 0 saturated carbocycles. The van der Waals surface area contributed by atoms with Crippen LogP contribution in [0.3, 0.4) is 0 Å². The zero-order valence-corrected chi connectivity index (χ0v) is 15.0. The number of nitrogens with one attached hydrogen (secondary N) is 1. The van der Waals surface area contributed by atoms with Crippen molar-refractivity contribution in [1.82, 2.24) is 9.78 Å². The fourth-order valence-electron chi connectivity index (χ4n) is 2.86. The highest BCUT2D eigenvalue weighted by Crippen LogP contribution is 2.33. The minimum Gasteiger partial charge on any atom is -0.494 e. The number of benzene rings is 2. The van der Waals surface area contributed by atoms with E-state index in [1.54, 1.807) is 18.4 Å². The number of fused-ring (bicyclic) bond motifs is 1. The fourth-order valence-corrected chi connectivity index (χ4v) is 3.73. The quantitative estimate of drug-likeness (QED) is 0.576. The Labute approximate surface area is 154 Å². The van der Waals surface area contributed by atoms with E-state index in [-0.39, 0.29) is 5.91 Å². The van der Waals surface area contributed by atoms with Gasteiger partial charge in [-0.25, -0.2) is 4.68 Å². The molecule has 0 aliphatic rings. The van der Waals surface area contributed by atoms with Crippen molar-refractivity contribution in [3.63, 3.8) is 0 Å². The second kappa shape index (κ2) is 7.01. The van der Waals surface area contributed by atoms with Crippen molar-refractivity contribution in [2.45, 2.75) is 6.42 Å². The standard InChI is InChI=1S/C20H17N3O2S/c1-25-17-10-6-5-9-16(17)23-20-15(11-12-26-20)19(22-23)21-18(24)13-14-7-3-2-4-8-14/h2-12H,13H2,1H3,(H,21,22,24). The van der Waals surface area contributed by atoms with E-state index >= 15 is 0 Å². The van der Waals surface area contributed by atoms with Crippen molar-refractivity contribution in [2.75, 3.05) is 12.4 Å². The SMILES string of the molecule is COc1ccccc1-n1nc(NC(=O)Cc2ccccc2)c2ccsc21. The first-order chi connectivity index (χ1) is 12.8. The van der Waals surface area contributed by atoms with Crippen molar-refractivity contribution < 1.29 is 9.53 Å². The summed E-state index contributed by atoms with van der Waals surface area (Å²) in [7, 11) is 1.64. The molecule has 4 rings (SSSR count). The maximum Gasteiger partial charge on any atom is 0.230 e. The molecular weight excluding hydrogens is 346 g/mol. The number of ether oxygens (including phenoxy) is 1. The lowest BCUT2D eigenvalue weighted by molar-refractivity contribution is -0.115. The summed E-state index contributed by atoms with van der Waals surface area (Å²) in [6.45, 7) is 0. The molecule has 0 aliphatic heterocycles. The minimum atomic E-state index is -0.0889. The van der Waals surface area contributed by atoms with Crippen LogP contribution in [0.1, 0.15) is 5.56 Å². The number of methoxy groups -OCH3 is 1. The van der Waals surface area contributed by atoms with Gasteiger partial charge in [0.25, 0.3) is 0 Å². The van der Waals surface area contributed by atoms with E-state index < -0.39 is 0 Å². The molecular formula is C20H17N3O2S. The molecule has 1 N–H and O–H groups in total. The summed E-state index contributed by atoms with van der Waals surface area (Å²) >= 11 is 1.57. The number of para-hydroxylation sites is 2. The molecule has 2 aromatic carbocycles. The Balaban J connectivity index is 1.67. The highest BCUT2D eigenvalue weighted by molar-refractivity contribution is 7.16. The number of hydrogen-bond donors (Lipinski definition) is 1. The average Bonchev–Trinajstić information content (AvgIpc) is 3.26. The number of hydrogen-bond acceptors (Lipinski definition) is 4. The summed E-state index contributed by atoms with van der Waals surface area (Å²) in [5.74, 6) is 1.20. The molecule has 130 valence electrons. The Morgan fingerprint density at radius 3 is 2.69 bits per heavy atom. The van der Waals surface area contributed by atoms with Crippen molar-refractivity contribution in [3.05, 3.63) is 71.6 Å². The molecule has 0 atom stereocenters. The summed E-state index contributed by atoms with van der Waals surface area (Å²) in [6.07, 6.45) is 0.313. The summed E-state index contributed by atoms with van der Waals surface area (Å²) < 4.78 is 7.27. The monoisotopic (exact) mass is 363 g/mol. The van der Waals surface area contributed by atoms with Gasteiger partial charge in [-0.3, -0.25) is 4.79 Å². The molecule has 0 spiro atoms. The van der Waals surface area contributed by atoms with Crippen LogP contribution in [0.5, 0.6) is 5.75 Å². The Morgan fingerprint density at radius 2 is 1.88 bits per heavy atom. The van der Waals surface area contributed by atoms with Gasteiger partial charge in [0, 0.05) is 0 Å². The van der Waals surface area contributed by atoms with Crippen molar-refractivity contribution in [3.8, 4) is 11.4 Å². The smallest absolute Gasteiger partial charge is 0.230 e. The number of thiophene rings is 1. The van der Waals surface area contributed by atoms with Crippen molar-refractivity contribution >= 4 is 33.3 Å². The van der Waals surface area contributed by atoms with Crippen LogP contribution in [0, 0.1) is 0 Å². The first kappa shape index (κ1) is 16.4. The first-order valence-electron chi connectivity index (χ1n) is 8.19. The number of nitrogens with zero attached hydrogens (tertiary/aromatic N) is 2. The van der Waals surface area contributed by atoms with Crippen molar-refractivity contribution in [2.24, 2.45) is 0 Å². The topological polar surface area (TPSA) is 56.1 Å². The normalized spacial score (nSPS) is 10.8. The summed E-state index contributed by atoms with van der Waals surface area (Å²) in [5, 5.41) is 10.5. The molecule has 0 aliphatic carbocycles. The van der Waals surface area contributed by atoms with Crippen LogP contribution in [0.2, 0.25) is 0 Å². The Kier molecular flexibility index (Phi) is 4.41. The number of carbonyl (C=O) groups excluding carboxylic acids is 1. The largest absolute Gasteiger partial charge is 0.494 e. The van der Waals surface area contributed by atoms with Gasteiger partial charge in [0.05, 0.1) is 18.9 Å². The number of amides is 1. The van der Waals surface area contributed by atoms with E-state index in [0.717, 1.165) is 27.2 Å². The van der Waals surface area contributed by atoms with Crippen LogP contribution in [-0.4, -0.2) is 22.8 Å². The molecule has 6 heteroatoms. The Morgan fingerprint density at radius 1 is 1.12 bits per heavy atom. The highest BCUT2D eigenvalue weighted by Gasteiger charge is 2.17. The molecule has 0 radical (unpaired) electrons. The van der Waals surface area contributed by atoms with Crippen LogP contribution in [0.25, 0.3) is 15.9 Å². The van der Waals surface area contributed by atoms with Gasteiger partial charge in [-0.15, -0.1) is 16.4 Å². The average molecular weight is 363 g/mol. The molecule has 1 amide bonds. The molecule has 0 saturated heterocycles. The number of carbonyl (C=O) groups is 1. The van der Waals surface area contributed by atoms with Crippen LogP contribution >= 0.6 is 11.3 Å². The molecule has 0 unspecified atom stereocenters. The van der Waals surface area contributed by atoms with Gasteiger partial charge < -0.3 is 10.1 Å². The van der Waals surface area contributed by atoms with Crippen LogP contribution in [0.15, 0.2) is 66.0 Å². The molecule has 2 heterocycles. The Bertz CT molecular complexity index is 1050. The predicted octanol–water partition coefficient (Wildman–Crippen LogP) is 4.28. The number of aromatic nitrogens is 2. The first-order valence-corrected chi connectivity index (χ1v) is 9.07. The second-order valence-corrected chi connectivity index (χ2v) is 6.68. The summed E-state index contributed by atoms with van der Waals surface area (Å²) in [6, 6.07) is 19.3. The zero-order chi connectivity index (χ0) is 17.9. The summed E-state index contributed by atoms with van der Waals surface area (Å²) in [5.41, 5.74) is 1.81. The third-order valence-electron chi connectivity index (χ3n) is 4.07. The third kappa shape index (κ3) is 3.07. The van der Waals surface area contributed by atoms with E-state index in [9.17, 15) is 4.79 Å². The molecule has 0 bridgehead atoms. The van der Waals surface area contributed by atoms with Gasteiger partial charge in [0.2, 0.25) is 5.91 Å². The maximum atomic E-state index is 12.4. The highest BCUT2D eigenvalue weighted by atomic mass is 32.1. The number of rotatable bonds is 5. The van der Waals surface area contributed by atoms with Gasteiger partial charge in [0.15, 0.2) is 5.82 Å². The Hall–Kier alpha value is -3.12. The van der Waals surface area contributed by atoms with Gasteiger partial charge in [-0.1, -0.05) is 42.5 Å². The lowest BCUT2D eigenvalue weighted by atomic mass is 10.1. The van der Waals surface area contributed by atoms with E-state index in [2.05, 4.69) is 10.4 Å². The van der Waals surface area contributed by atoms with Crippen LogP contribution in [0.4, 0.5) is 5.82 Å². The van der Waals surface area contributed by atoms with E-state index in [1.165, 1.54) is 0 Å². The lowest BCUT2D eigenvalue weighted by Crippen LogP contribution is -2.15. The van der Waals surface area contributed by atoms with Gasteiger partial charge in [0.1, 0.15) is 16.3 Å². The molecule has 26 heavy (non-hydrogen) atoms. The molecule has 0 fully saturated rings. The molecule has 4 aromatic rings. The van der Waals surface area contributed by atoms with E-state index in [0.29, 0.717) is 12.2 Å². The van der Waals surface area contributed by atoms with Gasteiger partial charge in [-0.2, -0.15) is 0 Å². The number of anilines is 1. The van der Waals surface area contributed by atoms with Gasteiger partial charge >= 0.3 is 0 Å². The van der Waals surface area contributed by atoms with Gasteiger partial charge in [-0.05, 0) is 29.1 Å². The van der Waals surface area contributed by atoms with Crippen LogP contribution in [-0.2, 0) is 11.2 Å². The fraction of sp³-hybridized carbons (Fsp3) is 0.100. The minimum absolute atomic E-state index is 0.0889. The second-order valence-electron chi connectivity index (χ2n) is 5.78.